The van der Waals surface area contributed by atoms with Gasteiger partial charge in [-0.05, 0) is 36.4 Å². The van der Waals surface area contributed by atoms with E-state index in [-0.39, 0.29) is 10.6 Å². The van der Waals surface area contributed by atoms with E-state index < -0.39 is 21.6 Å². The van der Waals surface area contributed by atoms with Crippen LogP contribution in [-0.2, 0) is 16.0 Å². The molecule has 0 unspecified atom stereocenters. The van der Waals surface area contributed by atoms with E-state index in [0.717, 1.165) is 12.1 Å². The molecule has 3 rings (SSSR count). The van der Waals surface area contributed by atoms with Gasteiger partial charge in [-0.3, -0.25) is 4.90 Å². The van der Waals surface area contributed by atoms with Crippen molar-refractivity contribution in [2.45, 2.75) is 11.1 Å². The first-order valence-corrected chi connectivity index (χ1v) is 10.9. The molecule has 1 aliphatic heterocycles. The lowest BCUT2D eigenvalue weighted by Gasteiger charge is -2.36. The Hall–Kier alpha value is -2.26. The van der Waals surface area contributed by atoms with Crippen molar-refractivity contribution in [3.8, 4) is 5.75 Å². The molecule has 0 spiro atoms. The lowest BCUT2D eigenvalue weighted by molar-refractivity contribution is -0.137. The number of sulfone groups is 1. The van der Waals surface area contributed by atoms with E-state index in [1.165, 1.54) is 19.2 Å². The Bertz CT molecular complexity index is 940. The summed E-state index contributed by atoms with van der Waals surface area (Å²) in [7, 11) is -1.96. The lowest BCUT2D eigenvalue weighted by atomic mass is 10.1. The SMILES string of the molecule is COc1cccc(S(=O)(=O)CCN2CCN(c3cccc(C(F)(F)F)c3)CC2)c1. The second-order valence-corrected chi connectivity index (χ2v) is 8.98. The zero-order valence-corrected chi connectivity index (χ0v) is 16.8. The standard InChI is InChI=1S/C20H23F3N2O3S/c1-28-18-6-3-7-19(15-18)29(26,27)13-12-24-8-10-25(11-9-24)17-5-2-4-16(14-17)20(21,22)23/h2-7,14-15H,8-13H2,1H3. The third kappa shape index (κ3) is 5.42. The van der Waals surface area contributed by atoms with Crippen molar-refractivity contribution in [1.82, 2.24) is 4.90 Å². The van der Waals surface area contributed by atoms with Gasteiger partial charge in [0.15, 0.2) is 9.84 Å². The summed E-state index contributed by atoms with van der Waals surface area (Å²) < 4.78 is 68.9. The number of piperazine rings is 1. The Morgan fingerprint density at radius 2 is 1.69 bits per heavy atom. The minimum Gasteiger partial charge on any atom is -0.497 e. The van der Waals surface area contributed by atoms with Crippen LogP contribution in [0.25, 0.3) is 0 Å². The highest BCUT2D eigenvalue weighted by molar-refractivity contribution is 7.91. The van der Waals surface area contributed by atoms with E-state index in [9.17, 15) is 21.6 Å². The quantitative estimate of drug-likeness (QED) is 0.707. The van der Waals surface area contributed by atoms with Crippen molar-refractivity contribution in [2.75, 3.05) is 50.5 Å². The van der Waals surface area contributed by atoms with Gasteiger partial charge >= 0.3 is 6.18 Å². The maximum absolute atomic E-state index is 12.9. The van der Waals surface area contributed by atoms with Crippen LogP contribution in [0.15, 0.2) is 53.4 Å². The fourth-order valence-corrected chi connectivity index (χ4v) is 4.59. The second-order valence-electron chi connectivity index (χ2n) is 6.87. The molecule has 1 aliphatic rings. The smallest absolute Gasteiger partial charge is 0.416 e. The summed E-state index contributed by atoms with van der Waals surface area (Å²) in [5, 5.41) is 0. The van der Waals surface area contributed by atoms with Crippen LogP contribution in [0, 0.1) is 0 Å². The number of anilines is 1. The number of ether oxygens (including phenoxy) is 1. The summed E-state index contributed by atoms with van der Waals surface area (Å²) in [6.07, 6.45) is -4.37. The first-order chi connectivity index (χ1) is 13.7. The number of alkyl halides is 3. The Morgan fingerprint density at radius 3 is 2.34 bits per heavy atom. The number of nitrogens with zero attached hydrogens (tertiary/aromatic N) is 2. The third-order valence-electron chi connectivity index (χ3n) is 4.99. The Balaban J connectivity index is 1.56. The minimum atomic E-state index is -4.37. The Kier molecular flexibility index (Phi) is 6.38. The van der Waals surface area contributed by atoms with Gasteiger partial charge in [0.25, 0.3) is 0 Å². The van der Waals surface area contributed by atoms with Gasteiger partial charge in [0.1, 0.15) is 5.75 Å². The summed E-state index contributed by atoms with van der Waals surface area (Å²) in [5.41, 5.74) is -0.134. The number of hydrogen-bond donors (Lipinski definition) is 0. The molecule has 0 amide bonds. The number of benzene rings is 2. The fraction of sp³-hybridized carbons (Fsp3) is 0.400. The van der Waals surface area contributed by atoms with Gasteiger partial charge < -0.3 is 9.64 Å². The molecule has 2 aromatic carbocycles. The first-order valence-electron chi connectivity index (χ1n) is 9.20. The van der Waals surface area contributed by atoms with Crippen LogP contribution in [0.2, 0.25) is 0 Å². The molecule has 0 bridgehead atoms. The maximum Gasteiger partial charge on any atom is 0.416 e. The van der Waals surface area contributed by atoms with Gasteiger partial charge in [-0.1, -0.05) is 12.1 Å². The van der Waals surface area contributed by atoms with Crippen molar-refractivity contribution in [3.63, 3.8) is 0 Å². The second kappa shape index (κ2) is 8.62. The molecule has 1 fully saturated rings. The summed E-state index contributed by atoms with van der Waals surface area (Å²) in [6.45, 7) is 2.63. The number of hydrogen-bond acceptors (Lipinski definition) is 5. The van der Waals surface area contributed by atoms with Crippen LogP contribution in [0.1, 0.15) is 5.56 Å². The number of rotatable bonds is 6. The number of halogens is 3. The van der Waals surface area contributed by atoms with E-state index in [1.54, 1.807) is 24.3 Å². The van der Waals surface area contributed by atoms with Crippen LogP contribution in [-0.4, -0.2) is 58.9 Å². The highest BCUT2D eigenvalue weighted by Crippen LogP contribution is 2.31. The van der Waals surface area contributed by atoms with Crippen molar-refractivity contribution < 1.29 is 26.3 Å². The third-order valence-corrected chi connectivity index (χ3v) is 6.68. The van der Waals surface area contributed by atoms with Crippen molar-refractivity contribution in [3.05, 3.63) is 54.1 Å². The van der Waals surface area contributed by atoms with Gasteiger partial charge in [-0.15, -0.1) is 0 Å². The Morgan fingerprint density at radius 1 is 1.00 bits per heavy atom. The van der Waals surface area contributed by atoms with Crippen molar-refractivity contribution in [1.29, 1.82) is 0 Å². The molecule has 158 valence electrons. The summed E-state index contributed by atoms with van der Waals surface area (Å²) in [6, 6.07) is 11.7. The molecule has 1 saturated heterocycles. The van der Waals surface area contributed by atoms with E-state index in [4.69, 9.17) is 4.74 Å². The molecular weight excluding hydrogens is 405 g/mol. The van der Waals surface area contributed by atoms with Crippen LogP contribution in [0.5, 0.6) is 5.75 Å². The van der Waals surface area contributed by atoms with Crippen LogP contribution >= 0.6 is 0 Å². The molecule has 0 atom stereocenters. The average molecular weight is 428 g/mol. The maximum atomic E-state index is 12.9. The van der Waals surface area contributed by atoms with Crippen LogP contribution in [0.3, 0.4) is 0 Å². The zero-order chi connectivity index (χ0) is 21.1. The molecule has 5 nitrogen and oxygen atoms in total. The van der Waals surface area contributed by atoms with Gasteiger partial charge in [0.05, 0.1) is 23.3 Å². The van der Waals surface area contributed by atoms with Gasteiger partial charge in [0, 0.05) is 38.4 Å². The molecule has 0 aromatic heterocycles. The average Bonchev–Trinajstić information content (AvgIpc) is 2.72. The summed E-state index contributed by atoms with van der Waals surface area (Å²) >= 11 is 0. The highest BCUT2D eigenvalue weighted by Gasteiger charge is 2.31. The molecule has 29 heavy (non-hydrogen) atoms. The van der Waals surface area contributed by atoms with E-state index >= 15 is 0 Å². The van der Waals surface area contributed by atoms with Crippen molar-refractivity contribution >= 4 is 15.5 Å². The first kappa shape index (κ1) is 21.4. The Labute approximate surface area is 168 Å². The highest BCUT2D eigenvalue weighted by atomic mass is 32.2. The lowest BCUT2D eigenvalue weighted by Crippen LogP contribution is -2.47. The topological polar surface area (TPSA) is 49.9 Å². The zero-order valence-electron chi connectivity index (χ0n) is 16.0. The molecule has 0 radical (unpaired) electrons. The van der Waals surface area contributed by atoms with E-state index in [1.807, 2.05) is 9.80 Å². The normalized spacial score (nSPS) is 16.1. The van der Waals surface area contributed by atoms with Crippen LogP contribution in [0.4, 0.5) is 18.9 Å². The monoisotopic (exact) mass is 428 g/mol. The van der Waals surface area contributed by atoms with E-state index in [0.29, 0.717) is 44.2 Å². The molecular formula is C20H23F3N2O3S. The molecule has 0 aliphatic carbocycles. The van der Waals surface area contributed by atoms with Gasteiger partial charge in [0.2, 0.25) is 0 Å². The van der Waals surface area contributed by atoms with Gasteiger partial charge in [-0.2, -0.15) is 13.2 Å². The molecule has 0 N–H and O–H groups in total. The molecule has 2 aromatic rings. The van der Waals surface area contributed by atoms with E-state index in [2.05, 4.69) is 0 Å². The van der Waals surface area contributed by atoms with Crippen molar-refractivity contribution in [2.24, 2.45) is 0 Å². The minimum absolute atomic E-state index is 0.0241. The fourth-order valence-electron chi connectivity index (χ4n) is 3.27. The van der Waals surface area contributed by atoms with Gasteiger partial charge in [-0.25, -0.2) is 8.42 Å². The molecule has 9 heteroatoms. The molecule has 0 saturated carbocycles. The number of methoxy groups -OCH3 is 1. The largest absolute Gasteiger partial charge is 0.497 e. The van der Waals surface area contributed by atoms with Crippen LogP contribution < -0.4 is 9.64 Å². The summed E-state index contributed by atoms with van der Waals surface area (Å²) in [4.78, 5) is 4.13. The summed E-state index contributed by atoms with van der Waals surface area (Å²) in [5.74, 6) is 0.463. The predicted octanol–water partition coefficient (Wildman–Crippen LogP) is 3.31. The predicted molar refractivity (Wildman–Crippen MR) is 105 cm³/mol. The molecule has 1 heterocycles.